The lowest BCUT2D eigenvalue weighted by atomic mass is 10.2. The highest BCUT2D eigenvalue weighted by atomic mass is 35.5. The van der Waals surface area contributed by atoms with Gasteiger partial charge in [-0.25, -0.2) is 0 Å². The number of hydrogen-bond acceptors (Lipinski definition) is 3. The molecule has 1 fully saturated rings. The molecule has 0 radical (unpaired) electrons. The Kier molecular flexibility index (Phi) is 5.86. The Morgan fingerprint density at radius 2 is 2.25 bits per heavy atom. The number of thiophene rings is 1. The zero-order chi connectivity index (χ0) is 14.4. The lowest BCUT2D eigenvalue weighted by Crippen LogP contribution is -2.33. The van der Waals surface area contributed by atoms with Gasteiger partial charge in [0.15, 0.2) is 0 Å². The fraction of sp³-hybridized carbons (Fsp3) is 0.571. The molecule has 1 aromatic rings. The maximum absolute atomic E-state index is 11.8. The van der Waals surface area contributed by atoms with Crippen molar-refractivity contribution in [1.29, 1.82) is 0 Å². The summed E-state index contributed by atoms with van der Waals surface area (Å²) in [6.07, 6.45) is 4.67. The van der Waals surface area contributed by atoms with Gasteiger partial charge in [0.05, 0.1) is 5.02 Å². The van der Waals surface area contributed by atoms with Crippen LogP contribution >= 0.6 is 22.9 Å². The molecule has 1 aliphatic rings. The van der Waals surface area contributed by atoms with Crippen molar-refractivity contribution in [1.82, 2.24) is 10.2 Å². The van der Waals surface area contributed by atoms with Crippen molar-refractivity contribution in [3.63, 3.8) is 0 Å². The van der Waals surface area contributed by atoms with E-state index in [-0.39, 0.29) is 11.8 Å². The van der Waals surface area contributed by atoms with E-state index in [2.05, 4.69) is 5.32 Å². The van der Waals surface area contributed by atoms with Crippen molar-refractivity contribution in [3.8, 4) is 0 Å². The van der Waals surface area contributed by atoms with Crippen molar-refractivity contribution in [2.75, 3.05) is 19.6 Å². The van der Waals surface area contributed by atoms with Crippen molar-refractivity contribution in [2.45, 2.75) is 32.1 Å². The molecular formula is C14H19ClN2O2S. The molecule has 1 saturated heterocycles. The van der Waals surface area contributed by atoms with Crippen LogP contribution in [0, 0.1) is 0 Å². The monoisotopic (exact) mass is 314 g/mol. The third kappa shape index (κ3) is 4.21. The second-order valence-electron chi connectivity index (χ2n) is 4.90. The first-order chi connectivity index (χ1) is 9.68. The van der Waals surface area contributed by atoms with E-state index in [4.69, 9.17) is 11.6 Å². The van der Waals surface area contributed by atoms with Crippen LogP contribution in [0.3, 0.4) is 0 Å². The number of hydrogen-bond donors (Lipinski definition) is 1. The van der Waals surface area contributed by atoms with E-state index in [0.717, 1.165) is 38.8 Å². The van der Waals surface area contributed by atoms with Gasteiger partial charge in [0.25, 0.3) is 5.91 Å². The van der Waals surface area contributed by atoms with Crippen molar-refractivity contribution in [3.05, 3.63) is 21.3 Å². The molecule has 0 bridgehead atoms. The summed E-state index contributed by atoms with van der Waals surface area (Å²) in [5.74, 6) is 0.113. The minimum absolute atomic E-state index is 0.132. The predicted molar refractivity (Wildman–Crippen MR) is 81.3 cm³/mol. The molecule has 2 heterocycles. The van der Waals surface area contributed by atoms with Crippen LogP contribution in [-0.2, 0) is 4.79 Å². The number of nitrogens with one attached hydrogen (secondary N) is 1. The SMILES string of the molecule is O=C(NCCCN1CCCCCC1=O)c1sccc1Cl. The molecule has 0 saturated carbocycles. The van der Waals surface area contributed by atoms with Crippen LogP contribution in [0.1, 0.15) is 41.8 Å². The van der Waals surface area contributed by atoms with Crippen LogP contribution in [0.4, 0.5) is 0 Å². The Balaban J connectivity index is 1.69. The molecule has 1 aromatic heterocycles. The van der Waals surface area contributed by atoms with Gasteiger partial charge in [-0.05, 0) is 30.7 Å². The Labute approximate surface area is 128 Å². The quantitative estimate of drug-likeness (QED) is 0.850. The number of halogens is 1. The zero-order valence-electron chi connectivity index (χ0n) is 11.4. The molecule has 1 aliphatic heterocycles. The highest BCUT2D eigenvalue weighted by Gasteiger charge is 2.16. The Morgan fingerprint density at radius 1 is 1.40 bits per heavy atom. The largest absolute Gasteiger partial charge is 0.351 e. The summed E-state index contributed by atoms with van der Waals surface area (Å²) in [5.41, 5.74) is 0. The number of carbonyl (C=O) groups is 2. The van der Waals surface area contributed by atoms with Gasteiger partial charge < -0.3 is 10.2 Å². The first kappa shape index (κ1) is 15.3. The first-order valence-electron chi connectivity index (χ1n) is 6.97. The van der Waals surface area contributed by atoms with Gasteiger partial charge in [0.1, 0.15) is 4.88 Å². The average Bonchev–Trinajstić information content (AvgIpc) is 2.75. The van der Waals surface area contributed by atoms with E-state index in [1.807, 2.05) is 4.90 Å². The molecule has 0 aromatic carbocycles. The minimum atomic E-state index is -0.132. The van der Waals surface area contributed by atoms with Crippen LogP contribution in [0.2, 0.25) is 5.02 Å². The molecule has 0 aliphatic carbocycles. The molecule has 6 heteroatoms. The molecule has 0 unspecified atom stereocenters. The fourth-order valence-corrected chi connectivity index (χ4v) is 3.34. The Hall–Kier alpha value is -1.07. The summed E-state index contributed by atoms with van der Waals surface area (Å²) in [4.78, 5) is 26.1. The normalized spacial score (nSPS) is 16.1. The predicted octanol–water partition coefficient (Wildman–Crippen LogP) is 2.92. The minimum Gasteiger partial charge on any atom is -0.351 e. The molecule has 0 spiro atoms. The van der Waals surface area contributed by atoms with Gasteiger partial charge in [0, 0.05) is 26.1 Å². The number of carbonyl (C=O) groups excluding carboxylic acids is 2. The van der Waals surface area contributed by atoms with Crippen LogP contribution in [0.25, 0.3) is 0 Å². The maximum atomic E-state index is 11.8. The summed E-state index contributed by atoms with van der Waals surface area (Å²) >= 11 is 7.24. The second-order valence-corrected chi connectivity index (χ2v) is 6.22. The van der Waals surface area contributed by atoms with Crippen LogP contribution in [0.5, 0.6) is 0 Å². The van der Waals surface area contributed by atoms with Crippen LogP contribution in [-0.4, -0.2) is 36.3 Å². The van der Waals surface area contributed by atoms with Crippen molar-refractivity contribution in [2.24, 2.45) is 0 Å². The van der Waals surface area contributed by atoms with Crippen LogP contribution < -0.4 is 5.32 Å². The van der Waals surface area contributed by atoms with Gasteiger partial charge in [-0.3, -0.25) is 9.59 Å². The van der Waals surface area contributed by atoms with E-state index in [1.165, 1.54) is 11.3 Å². The fourth-order valence-electron chi connectivity index (χ4n) is 2.28. The average molecular weight is 315 g/mol. The van der Waals surface area contributed by atoms with Gasteiger partial charge >= 0.3 is 0 Å². The summed E-state index contributed by atoms with van der Waals surface area (Å²) in [6, 6.07) is 1.72. The summed E-state index contributed by atoms with van der Waals surface area (Å²) in [5, 5.41) is 5.14. The van der Waals surface area contributed by atoms with E-state index < -0.39 is 0 Å². The third-order valence-electron chi connectivity index (χ3n) is 3.39. The molecule has 4 nitrogen and oxygen atoms in total. The van der Waals surface area contributed by atoms with Crippen molar-refractivity contribution < 1.29 is 9.59 Å². The number of rotatable bonds is 5. The molecular weight excluding hydrogens is 296 g/mol. The molecule has 110 valence electrons. The topological polar surface area (TPSA) is 49.4 Å². The van der Waals surface area contributed by atoms with Gasteiger partial charge in [-0.2, -0.15) is 0 Å². The van der Waals surface area contributed by atoms with Crippen molar-refractivity contribution >= 4 is 34.8 Å². The zero-order valence-corrected chi connectivity index (χ0v) is 12.9. The van der Waals surface area contributed by atoms with E-state index in [9.17, 15) is 9.59 Å². The van der Waals surface area contributed by atoms with E-state index in [1.54, 1.807) is 11.4 Å². The Bertz CT molecular complexity index is 475. The molecule has 2 amide bonds. The summed E-state index contributed by atoms with van der Waals surface area (Å²) < 4.78 is 0. The van der Waals surface area contributed by atoms with E-state index in [0.29, 0.717) is 22.9 Å². The lowest BCUT2D eigenvalue weighted by Gasteiger charge is -2.20. The summed E-state index contributed by atoms with van der Waals surface area (Å²) in [6.45, 7) is 2.14. The molecule has 1 N–H and O–H groups in total. The standard InChI is InChI=1S/C14H19ClN2O2S/c15-11-6-10-20-13(11)14(19)16-7-4-9-17-8-3-1-2-5-12(17)18/h6,10H,1-5,7-9H2,(H,16,19). The summed E-state index contributed by atoms with van der Waals surface area (Å²) in [7, 11) is 0. The molecule has 0 atom stereocenters. The lowest BCUT2D eigenvalue weighted by molar-refractivity contribution is -0.130. The smallest absolute Gasteiger partial charge is 0.262 e. The number of likely N-dealkylation sites (tertiary alicyclic amines) is 1. The van der Waals surface area contributed by atoms with Crippen LogP contribution in [0.15, 0.2) is 11.4 Å². The van der Waals surface area contributed by atoms with Gasteiger partial charge in [-0.15, -0.1) is 11.3 Å². The van der Waals surface area contributed by atoms with E-state index >= 15 is 0 Å². The molecule has 20 heavy (non-hydrogen) atoms. The Morgan fingerprint density at radius 3 is 3.00 bits per heavy atom. The maximum Gasteiger partial charge on any atom is 0.262 e. The molecule has 2 rings (SSSR count). The highest BCUT2D eigenvalue weighted by Crippen LogP contribution is 2.21. The van der Waals surface area contributed by atoms with Gasteiger partial charge in [0.2, 0.25) is 5.91 Å². The number of nitrogens with zero attached hydrogens (tertiary/aromatic N) is 1. The second kappa shape index (κ2) is 7.64. The third-order valence-corrected chi connectivity index (χ3v) is 4.73. The number of amides is 2. The first-order valence-corrected chi connectivity index (χ1v) is 8.23. The van der Waals surface area contributed by atoms with Gasteiger partial charge in [-0.1, -0.05) is 18.0 Å². The highest BCUT2D eigenvalue weighted by molar-refractivity contribution is 7.12.